The lowest BCUT2D eigenvalue weighted by atomic mass is 10.1. The number of nitro groups is 1. The predicted molar refractivity (Wildman–Crippen MR) is 73.6 cm³/mol. The first-order valence-corrected chi connectivity index (χ1v) is 6.18. The van der Waals surface area contributed by atoms with Crippen LogP contribution in [-0.4, -0.2) is 15.1 Å². The quantitative estimate of drug-likeness (QED) is 0.678. The van der Waals surface area contributed by atoms with E-state index in [-0.39, 0.29) is 23.1 Å². The van der Waals surface area contributed by atoms with E-state index in [1.54, 1.807) is 19.9 Å². The summed E-state index contributed by atoms with van der Waals surface area (Å²) < 4.78 is 5.08. The van der Waals surface area contributed by atoms with E-state index in [0.717, 1.165) is 5.56 Å². The molecule has 1 unspecified atom stereocenters. The number of pyridine rings is 1. The molecule has 0 radical (unpaired) electrons. The lowest BCUT2D eigenvalue weighted by Crippen LogP contribution is -2.12. The van der Waals surface area contributed by atoms with Crippen LogP contribution < -0.4 is 5.32 Å². The van der Waals surface area contributed by atoms with Gasteiger partial charge in [-0.25, -0.2) is 4.98 Å². The maximum Gasteiger partial charge on any atom is 0.328 e. The Morgan fingerprint density at radius 1 is 1.52 bits per heavy atom. The van der Waals surface area contributed by atoms with Gasteiger partial charge in [-0.15, -0.1) is 0 Å². The number of hydrogen-bond acceptors (Lipinski definition) is 7. The Labute approximate surface area is 120 Å². The molecule has 2 rings (SSSR count). The number of hydrogen-bond donors (Lipinski definition) is 1. The molecule has 0 aliphatic carbocycles. The Bertz CT molecular complexity index is 712. The largest absolute Gasteiger partial charge is 0.361 e. The molecule has 1 N–H and O–H groups in total. The van der Waals surface area contributed by atoms with E-state index in [2.05, 4.69) is 15.5 Å². The molecule has 0 aliphatic rings. The Kier molecular flexibility index (Phi) is 3.84. The number of rotatable bonds is 4. The first kappa shape index (κ1) is 14.5. The summed E-state index contributed by atoms with van der Waals surface area (Å²) in [6, 6.07) is 2.81. The van der Waals surface area contributed by atoms with Gasteiger partial charge in [0.05, 0.1) is 16.7 Å². The fraction of sp³-hybridized carbons (Fsp3) is 0.308. The van der Waals surface area contributed by atoms with Crippen LogP contribution in [0.4, 0.5) is 11.5 Å². The third-order valence-electron chi connectivity index (χ3n) is 3.10. The summed E-state index contributed by atoms with van der Waals surface area (Å²) in [4.78, 5) is 14.5. The lowest BCUT2D eigenvalue weighted by molar-refractivity contribution is -0.384. The van der Waals surface area contributed by atoms with Crippen LogP contribution in [0.5, 0.6) is 0 Å². The average Bonchev–Trinajstić information content (AvgIpc) is 2.77. The lowest BCUT2D eigenvalue weighted by Gasteiger charge is -2.14. The molecule has 0 aromatic carbocycles. The topological polar surface area (TPSA) is 118 Å². The van der Waals surface area contributed by atoms with Crippen molar-refractivity contribution in [1.29, 1.82) is 5.26 Å². The third-order valence-corrected chi connectivity index (χ3v) is 3.10. The first-order valence-electron chi connectivity index (χ1n) is 6.18. The molecule has 8 nitrogen and oxygen atoms in total. The van der Waals surface area contributed by atoms with Crippen molar-refractivity contribution in [3.63, 3.8) is 0 Å². The molecule has 2 heterocycles. The Morgan fingerprint density at radius 3 is 2.76 bits per heavy atom. The monoisotopic (exact) mass is 287 g/mol. The van der Waals surface area contributed by atoms with Crippen LogP contribution in [0.2, 0.25) is 0 Å². The van der Waals surface area contributed by atoms with Crippen molar-refractivity contribution in [3.05, 3.63) is 45.0 Å². The molecule has 0 saturated carbocycles. The molecule has 21 heavy (non-hydrogen) atoms. The predicted octanol–water partition coefficient (Wildman–Crippen LogP) is 2.64. The zero-order chi connectivity index (χ0) is 15.6. The van der Waals surface area contributed by atoms with E-state index in [0.29, 0.717) is 11.5 Å². The Balaban J connectivity index is 2.41. The molecule has 2 aromatic rings. The molecule has 0 saturated heterocycles. The number of aromatic nitrogens is 2. The van der Waals surface area contributed by atoms with Crippen LogP contribution >= 0.6 is 0 Å². The molecule has 2 aromatic heterocycles. The normalized spacial score (nSPS) is 11.7. The molecule has 1 atom stereocenters. The number of anilines is 1. The van der Waals surface area contributed by atoms with Gasteiger partial charge in [0.1, 0.15) is 17.4 Å². The second-order valence-corrected chi connectivity index (χ2v) is 4.53. The number of nitriles is 1. The van der Waals surface area contributed by atoms with Gasteiger partial charge >= 0.3 is 5.69 Å². The van der Waals surface area contributed by atoms with E-state index in [4.69, 9.17) is 9.78 Å². The molecular formula is C13H13N5O3. The van der Waals surface area contributed by atoms with Crippen LogP contribution in [0.3, 0.4) is 0 Å². The summed E-state index contributed by atoms with van der Waals surface area (Å²) in [5, 5.41) is 26.9. The maximum absolute atomic E-state index is 11.1. The number of aryl methyl sites for hydroxylation is 2. The zero-order valence-electron chi connectivity index (χ0n) is 11.7. The van der Waals surface area contributed by atoms with Gasteiger partial charge in [-0.2, -0.15) is 5.26 Å². The summed E-state index contributed by atoms with van der Waals surface area (Å²) >= 11 is 0. The molecule has 8 heteroatoms. The van der Waals surface area contributed by atoms with Crippen LogP contribution in [0.25, 0.3) is 0 Å². The molecule has 108 valence electrons. The SMILES string of the molecule is Cc1noc(C)c1C(C)Nc1nccc(C#N)c1[N+](=O)[O-]. The Morgan fingerprint density at radius 2 is 2.24 bits per heavy atom. The zero-order valence-corrected chi connectivity index (χ0v) is 11.7. The van der Waals surface area contributed by atoms with Gasteiger partial charge < -0.3 is 9.84 Å². The highest BCUT2D eigenvalue weighted by molar-refractivity contribution is 5.64. The summed E-state index contributed by atoms with van der Waals surface area (Å²) in [6.45, 7) is 5.37. The average molecular weight is 287 g/mol. The molecule has 0 fully saturated rings. The van der Waals surface area contributed by atoms with E-state index >= 15 is 0 Å². The van der Waals surface area contributed by atoms with Crippen molar-refractivity contribution in [1.82, 2.24) is 10.1 Å². The van der Waals surface area contributed by atoms with Gasteiger partial charge in [0.2, 0.25) is 5.82 Å². The van der Waals surface area contributed by atoms with E-state index in [1.807, 2.05) is 6.92 Å². The molecule has 0 bridgehead atoms. The van der Waals surface area contributed by atoms with Crippen LogP contribution in [-0.2, 0) is 0 Å². The fourth-order valence-corrected chi connectivity index (χ4v) is 2.22. The highest BCUT2D eigenvalue weighted by Crippen LogP contribution is 2.30. The van der Waals surface area contributed by atoms with Crippen molar-refractivity contribution < 1.29 is 9.45 Å². The van der Waals surface area contributed by atoms with Crippen molar-refractivity contribution in [3.8, 4) is 6.07 Å². The van der Waals surface area contributed by atoms with E-state index < -0.39 is 4.92 Å². The van der Waals surface area contributed by atoms with Crippen LogP contribution in [0.15, 0.2) is 16.8 Å². The number of nitrogens with one attached hydrogen (secondary N) is 1. The minimum atomic E-state index is -0.617. The summed E-state index contributed by atoms with van der Waals surface area (Å²) in [7, 11) is 0. The van der Waals surface area contributed by atoms with Gasteiger partial charge in [0, 0.05) is 11.8 Å². The Hall–Kier alpha value is -2.95. The first-order chi connectivity index (χ1) is 9.95. The molecular weight excluding hydrogens is 274 g/mol. The van der Waals surface area contributed by atoms with Crippen LogP contribution in [0.1, 0.15) is 35.5 Å². The van der Waals surface area contributed by atoms with E-state index in [9.17, 15) is 10.1 Å². The van der Waals surface area contributed by atoms with Crippen molar-refractivity contribution in [2.45, 2.75) is 26.8 Å². The van der Waals surface area contributed by atoms with Gasteiger partial charge in [0.25, 0.3) is 0 Å². The fourth-order valence-electron chi connectivity index (χ4n) is 2.22. The minimum Gasteiger partial charge on any atom is -0.361 e. The summed E-state index contributed by atoms with van der Waals surface area (Å²) in [5.41, 5.74) is 1.14. The van der Waals surface area contributed by atoms with Gasteiger partial charge in [0.15, 0.2) is 0 Å². The summed E-state index contributed by atoms with van der Waals surface area (Å²) in [5.74, 6) is 0.679. The van der Waals surface area contributed by atoms with Crippen molar-refractivity contribution in [2.75, 3.05) is 5.32 Å². The van der Waals surface area contributed by atoms with Crippen LogP contribution in [0, 0.1) is 35.3 Å². The molecule has 0 aliphatic heterocycles. The second-order valence-electron chi connectivity index (χ2n) is 4.53. The minimum absolute atomic E-state index is 0.0385. The van der Waals surface area contributed by atoms with E-state index in [1.165, 1.54) is 12.3 Å². The van der Waals surface area contributed by atoms with Gasteiger partial charge in [-0.05, 0) is 26.8 Å². The van der Waals surface area contributed by atoms with Crippen molar-refractivity contribution in [2.24, 2.45) is 0 Å². The third kappa shape index (κ3) is 2.67. The number of nitrogens with zero attached hydrogens (tertiary/aromatic N) is 4. The van der Waals surface area contributed by atoms with Gasteiger partial charge in [-0.1, -0.05) is 5.16 Å². The maximum atomic E-state index is 11.1. The second kappa shape index (κ2) is 5.58. The van der Waals surface area contributed by atoms with Crippen molar-refractivity contribution >= 4 is 11.5 Å². The molecule has 0 spiro atoms. The highest BCUT2D eigenvalue weighted by atomic mass is 16.6. The standard InChI is InChI=1S/C13H13N5O3/c1-7(11-8(2)17-21-9(11)3)16-13-12(18(19)20)10(6-14)4-5-15-13/h4-5,7H,1-3H3,(H,15,16). The summed E-state index contributed by atoms with van der Waals surface area (Å²) in [6.07, 6.45) is 1.36. The van der Waals surface area contributed by atoms with Gasteiger partial charge in [-0.3, -0.25) is 10.1 Å². The highest BCUT2D eigenvalue weighted by Gasteiger charge is 2.24. The molecule has 0 amide bonds. The smallest absolute Gasteiger partial charge is 0.328 e.